The van der Waals surface area contributed by atoms with Crippen LogP contribution in [0.25, 0.3) is 0 Å². The number of ether oxygens (including phenoxy) is 2. The molecule has 152 valence electrons. The highest BCUT2D eigenvalue weighted by Gasteiger charge is 2.22. The Morgan fingerprint density at radius 3 is 2.43 bits per heavy atom. The number of aryl methyl sites for hydroxylation is 1. The number of carbonyl (C=O) groups is 1. The fourth-order valence-electron chi connectivity index (χ4n) is 3.22. The zero-order valence-corrected chi connectivity index (χ0v) is 18.3. The van der Waals surface area contributed by atoms with Gasteiger partial charge in [-0.2, -0.15) is 0 Å². The number of methoxy groups -OCH3 is 1. The Labute approximate surface area is 173 Å². The smallest absolute Gasteiger partial charge is 0.261 e. The monoisotopic (exact) mass is 403 g/mol. The van der Waals surface area contributed by atoms with Crippen LogP contribution in [-0.2, 0) is 4.79 Å². The van der Waals surface area contributed by atoms with E-state index in [0.717, 1.165) is 22.4 Å². The third-order valence-corrected chi connectivity index (χ3v) is 5.04. The molecule has 4 nitrogen and oxygen atoms in total. The lowest BCUT2D eigenvalue weighted by Crippen LogP contribution is -2.39. The summed E-state index contributed by atoms with van der Waals surface area (Å²) >= 11 is 6.01. The van der Waals surface area contributed by atoms with E-state index in [0.29, 0.717) is 23.1 Å². The first kappa shape index (κ1) is 22.1. The summed E-state index contributed by atoms with van der Waals surface area (Å²) in [7, 11) is 1.69. The molecule has 0 saturated carbocycles. The number of amides is 1. The first-order valence-electron chi connectivity index (χ1n) is 9.67. The van der Waals surface area contributed by atoms with Crippen LogP contribution in [0.15, 0.2) is 36.4 Å². The van der Waals surface area contributed by atoms with Crippen LogP contribution in [0.4, 0.5) is 0 Å². The largest absolute Gasteiger partial charge is 0.496 e. The molecule has 2 atom stereocenters. The van der Waals surface area contributed by atoms with Crippen molar-refractivity contribution in [2.45, 2.75) is 59.1 Å². The van der Waals surface area contributed by atoms with E-state index in [2.05, 4.69) is 25.2 Å². The maximum atomic E-state index is 12.8. The van der Waals surface area contributed by atoms with E-state index in [1.165, 1.54) is 0 Å². The van der Waals surface area contributed by atoms with Crippen LogP contribution < -0.4 is 14.8 Å². The van der Waals surface area contributed by atoms with Gasteiger partial charge in [0.25, 0.3) is 5.91 Å². The summed E-state index contributed by atoms with van der Waals surface area (Å²) < 4.78 is 11.4. The molecule has 0 fully saturated rings. The summed E-state index contributed by atoms with van der Waals surface area (Å²) in [5, 5.41) is 3.67. The van der Waals surface area contributed by atoms with Crippen LogP contribution in [0.1, 0.15) is 62.8 Å². The average molecular weight is 404 g/mol. The second-order valence-electron chi connectivity index (χ2n) is 7.31. The Bertz CT molecular complexity index is 819. The van der Waals surface area contributed by atoms with Gasteiger partial charge >= 0.3 is 0 Å². The fourth-order valence-corrected chi connectivity index (χ4v) is 3.40. The predicted molar refractivity (Wildman–Crippen MR) is 115 cm³/mol. The Morgan fingerprint density at radius 1 is 1.14 bits per heavy atom. The summed E-state index contributed by atoms with van der Waals surface area (Å²) in [5.41, 5.74) is 3.29. The molecule has 0 aliphatic carbocycles. The molecule has 0 aliphatic rings. The van der Waals surface area contributed by atoms with Crippen molar-refractivity contribution in [3.05, 3.63) is 58.1 Å². The first-order valence-corrected chi connectivity index (χ1v) is 10.1. The summed E-state index contributed by atoms with van der Waals surface area (Å²) in [5.74, 6) is 1.65. The topological polar surface area (TPSA) is 47.6 Å². The highest BCUT2D eigenvalue weighted by atomic mass is 35.5. The van der Waals surface area contributed by atoms with E-state index in [1.807, 2.05) is 26.8 Å². The van der Waals surface area contributed by atoms with E-state index in [4.69, 9.17) is 21.1 Å². The molecule has 0 saturated heterocycles. The van der Waals surface area contributed by atoms with Gasteiger partial charge in [0.1, 0.15) is 11.5 Å². The van der Waals surface area contributed by atoms with Gasteiger partial charge in [0.05, 0.1) is 13.2 Å². The minimum absolute atomic E-state index is 0.142. The van der Waals surface area contributed by atoms with Crippen molar-refractivity contribution in [1.82, 2.24) is 5.32 Å². The Morgan fingerprint density at radius 2 is 1.86 bits per heavy atom. The van der Waals surface area contributed by atoms with Crippen molar-refractivity contribution >= 4 is 17.5 Å². The lowest BCUT2D eigenvalue weighted by Gasteiger charge is -2.23. The Hall–Kier alpha value is -2.20. The van der Waals surface area contributed by atoms with Crippen molar-refractivity contribution in [2.75, 3.05) is 7.11 Å². The molecule has 0 bridgehead atoms. The van der Waals surface area contributed by atoms with Gasteiger partial charge < -0.3 is 14.8 Å². The van der Waals surface area contributed by atoms with E-state index < -0.39 is 6.10 Å². The number of carbonyl (C=O) groups excluding carboxylic acids is 1. The Kier molecular flexibility index (Phi) is 7.76. The lowest BCUT2D eigenvalue weighted by atomic mass is 9.93. The molecular formula is C23H30ClNO3. The summed E-state index contributed by atoms with van der Waals surface area (Å²) in [6, 6.07) is 11.1. The van der Waals surface area contributed by atoms with Crippen molar-refractivity contribution in [1.29, 1.82) is 0 Å². The molecule has 2 aromatic carbocycles. The molecule has 0 unspecified atom stereocenters. The van der Waals surface area contributed by atoms with Crippen LogP contribution in [-0.4, -0.2) is 19.1 Å². The number of halogens is 1. The molecule has 0 spiro atoms. The number of hydrogen-bond acceptors (Lipinski definition) is 3. The van der Waals surface area contributed by atoms with Gasteiger partial charge in [0, 0.05) is 5.02 Å². The lowest BCUT2D eigenvalue weighted by molar-refractivity contribution is -0.128. The second-order valence-corrected chi connectivity index (χ2v) is 7.74. The van der Waals surface area contributed by atoms with E-state index in [1.54, 1.807) is 31.4 Å². The fraction of sp³-hybridized carbons (Fsp3) is 0.435. The van der Waals surface area contributed by atoms with Crippen molar-refractivity contribution in [3.8, 4) is 11.5 Å². The minimum Gasteiger partial charge on any atom is -0.496 e. The molecule has 0 aliphatic heterocycles. The van der Waals surface area contributed by atoms with Crippen LogP contribution >= 0.6 is 11.6 Å². The molecule has 0 heterocycles. The molecule has 5 heteroatoms. The molecule has 2 rings (SSSR count). The van der Waals surface area contributed by atoms with E-state index in [9.17, 15) is 4.79 Å². The maximum absolute atomic E-state index is 12.8. The Balaban J connectivity index is 2.17. The average Bonchev–Trinajstić information content (AvgIpc) is 2.65. The predicted octanol–water partition coefficient (Wildman–Crippen LogP) is 5.82. The molecular weight excluding hydrogens is 374 g/mol. The van der Waals surface area contributed by atoms with Crippen LogP contribution in [0, 0.1) is 6.92 Å². The summed E-state index contributed by atoms with van der Waals surface area (Å²) in [6.45, 7) is 10.2. The molecule has 0 aromatic heterocycles. The van der Waals surface area contributed by atoms with Gasteiger partial charge in [-0.1, -0.05) is 38.4 Å². The van der Waals surface area contributed by atoms with E-state index >= 15 is 0 Å². The standard InChI is InChI=1S/C23H30ClNO3/c1-7-21(28-18-10-8-9-17(24)12-18)23(26)25-16(5)20-13-19(14(2)3)22(27-6)11-15(20)4/h8-14,16,21H,7H2,1-6H3,(H,25,26)/t16-,21-/m1/s1. The maximum Gasteiger partial charge on any atom is 0.261 e. The molecule has 0 radical (unpaired) electrons. The third kappa shape index (κ3) is 5.41. The zero-order valence-electron chi connectivity index (χ0n) is 17.5. The van der Waals surface area contributed by atoms with Gasteiger partial charge in [-0.15, -0.1) is 0 Å². The van der Waals surface area contributed by atoms with Crippen LogP contribution in [0.3, 0.4) is 0 Å². The van der Waals surface area contributed by atoms with Gasteiger partial charge in [0.15, 0.2) is 6.10 Å². The number of hydrogen-bond donors (Lipinski definition) is 1. The highest BCUT2D eigenvalue weighted by molar-refractivity contribution is 6.30. The highest BCUT2D eigenvalue weighted by Crippen LogP contribution is 2.32. The van der Waals surface area contributed by atoms with Gasteiger partial charge in [-0.3, -0.25) is 4.79 Å². The van der Waals surface area contributed by atoms with Crippen LogP contribution in [0.5, 0.6) is 11.5 Å². The van der Waals surface area contributed by atoms with Gasteiger partial charge in [0.2, 0.25) is 0 Å². The third-order valence-electron chi connectivity index (χ3n) is 4.80. The van der Waals surface area contributed by atoms with Crippen LogP contribution in [0.2, 0.25) is 5.02 Å². The van der Waals surface area contributed by atoms with Crippen molar-refractivity contribution < 1.29 is 14.3 Å². The minimum atomic E-state index is -0.580. The van der Waals surface area contributed by atoms with Crippen molar-refractivity contribution in [2.24, 2.45) is 0 Å². The second kappa shape index (κ2) is 9.83. The first-order chi connectivity index (χ1) is 13.3. The molecule has 1 N–H and O–H groups in total. The number of benzene rings is 2. The van der Waals surface area contributed by atoms with Gasteiger partial charge in [-0.05, 0) is 73.2 Å². The molecule has 1 amide bonds. The number of nitrogens with one attached hydrogen (secondary N) is 1. The molecule has 2 aromatic rings. The summed E-state index contributed by atoms with van der Waals surface area (Å²) in [4.78, 5) is 12.8. The quantitative estimate of drug-likeness (QED) is 0.604. The number of rotatable bonds is 8. The zero-order chi connectivity index (χ0) is 20.8. The summed E-state index contributed by atoms with van der Waals surface area (Å²) in [6.07, 6.45) is -0.0202. The SMILES string of the molecule is CC[C@@H](Oc1cccc(Cl)c1)C(=O)N[C@H](C)c1cc(C(C)C)c(OC)cc1C. The normalized spacial score (nSPS) is 13.1. The van der Waals surface area contributed by atoms with Crippen molar-refractivity contribution in [3.63, 3.8) is 0 Å². The molecule has 28 heavy (non-hydrogen) atoms. The van der Waals surface area contributed by atoms with E-state index in [-0.39, 0.29) is 11.9 Å². The van der Waals surface area contributed by atoms with Gasteiger partial charge in [-0.25, -0.2) is 0 Å².